The van der Waals surface area contributed by atoms with Gasteiger partial charge in [0, 0.05) is 18.3 Å². The Morgan fingerprint density at radius 3 is 2.47 bits per heavy atom. The molecule has 3 N–H and O–H groups in total. The van der Waals surface area contributed by atoms with Crippen molar-refractivity contribution in [3.8, 4) is 0 Å². The number of ether oxygens (including phenoxy) is 1. The van der Waals surface area contributed by atoms with E-state index in [1.165, 1.54) is 0 Å². The maximum atomic E-state index is 11.2. The number of anilines is 1. The van der Waals surface area contributed by atoms with E-state index in [1.807, 2.05) is 0 Å². The molecule has 0 atom stereocenters. The predicted octanol–water partition coefficient (Wildman–Crippen LogP) is 0.587. The summed E-state index contributed by atoms with van der Waals surface area (Å²) >= 11 is 0. The van der Waals surface area contributed by atoms with Crippen molar-refractivity contribution in [2.75, 3.05) is 25.6 Å². The van der Waals surface area contributed by atoms with E-state index in [1.54, 1.807) is 31.3 Å². The lowest BCUT2D eigenvalue weighted by Gasteiger charge is -2.06. The minimum Gasteiger partial charge on any atom is -0.447 e. The molecule has 0 heterocycles. The summed E-state index contributed by atoms with van der Waals surface area (Å²) in [6, 6.07) is 6.34. The fourth-order valence-electron chi connectivity index (χ4n) is 1.14. The van der Waals surface area contributed by atoms with Crippen LogP contribution in [-0.2, 0) is 4.74 Å². The molecular formula is C11H14N2O4. The second-order valence-electron chi connectivity index (χ2n) is 3.14. The lowest BCUT2D eigenvalue weighted by molar-refractivity contribution is 0.0963. The highest BCUT2D eigenvalue weighted by Gasteiger charge is 2.05. The molecule has 0 unspecified atom stereocenters. The number of nitrogens with one attached hydrogen (secondary N) is 2. The van der Waals surface area contributed by atoms with Crippen LogP contribution in [0, 0.1) is 0 Å². The molecule has 0 aliphatic rings. The third-order valence-corrected chi connectivity index (χ3v) is 1.94. The molecular weight excluding hydrogens is 224 g/mol. The molecule has 6 heteroatoms. The molecule has 1 aromatic rings. The van der Waals surface area contributed by atoms with Crippen LogP contribution in [0.5, 0.6) is 0 Å². The van der Waals surface area contributed by atoms with E-state index in [4.69, 9.17) is 5.11 Å². The van der Waals surface area contributed by atoms with Crippen molar-refractivity contribution in [2.24, 2.45) is 0 Å². The molecule has 6 nitrogen and oxygen atoms in total. The van der Waals surface area contributed by atoms with Gasteiger partial charge in [-0.1, -0.05) is 0 Å². The fourth-order valence-corrected chi connectivity index (χ4v) is 1.14. The number of carbonyl (C=O) groups is 2. The van der Waals surface area contributed by atoms with Gasteiger partial charge in [0.2, 0.25) is 0 Å². The highest BCUT2D eigenvalue weighted by molar-refractivity contribution is 5.94. The summed E-state index contributed by atoms with van der Waals surface area (Å²) in [5.41, 5.74) is 1.02. The number of benzene rings is 1. The molecule has 0 aromatic heterocycles. The predicted molar refractivity (Wildman–Crippen MR) is 61.9 cm³/mol. The van der Waals surface area contributed by atoms with Gasteiger partial charge in [0.1, 0.15) is 6.61 Å². The van der Waals surface area contributed by atoms with Gasteiger partial charge in [0.15, 0.2) is 0 Å². The van der Waals surface area contributed by atoms with Crippen LogP contribution in [-0.4, -0.2) is 37.4 Å². The fraction of sp³-hybridized carbons (Fsp3) is 0.273. The van der Waals surface area contributed by atoms with Gasteiger partial charge in [-0.25, -0.2) is 4.79 Å². The Kier molecular flexibility index (Phi) is 4.96. The highest BCUT2D eigenvalue weighted by Crippen LogP contribution is 2.09. The second-order valence-corrected chi connectivity index (χ2v) is 3.14. The third-order valence-electron chi connectivity index (χ3n) is 1.94. The van der Waals surface area contributed by atoms with Crippen molar-refractivity contribution in [3.63, 3.8) is 0 Å². The van der Waals surface area contributed by atoms with Crippen LogP contribution in [0.3, 0.4) is 0 Å². The molecule has 0 spiro atoms. The van der Waals surface area contributed by atoms with Crippen LogP contribution in [0.1, 0.15) is 10.4 Å². The van der Waals surface area contributed by atoms with Gasteiger partial charge in [0.25, 0.3) is 5.91 Å². The summed E-state index contributed by atoms with van der Waals surface area (Å²) < 4.78 is 4.61. The SMILES string of the molecule is CNC(=O)c1ccc(NC(=O)OCCO)cc1. The van der Waals surface area contributed by atoms with Gasteiger partial charge in [-0.05, 0) is 24.3 Å². The minimum absolute atomic E-state index is 0.0534. The van der Waals surface area contributed by atoms with Crippen molar-refractivity contribution in [2.45, 2.75) is 0 Å². The average Bonchev–Trinajstić information content (AvgIpc) is 2.36. The molecule has 0 saturated carbocycles. The van der Waals surface area contributed by atoms with E-state index in [-0.39, 0.29) is 19.1 Å². The summed E-state index contributed by atoms with van der Waals surface area (Å²) in [5, 5.41) is 13.4. The largest absolute Gasteiger partial charge is 0.447 e. The summed E-state index contributed by atoms with van der Waals surface area (Å²) in [6.45, 7) is -0.273. The lowest BCUT2D eigenvalue weighted by atomic mass is 10.2. The molecule has 1 aromatic carbocycles. The normalized spacial score (nSPS) is 9.53. The van der Waals surface area contributed by atoms with Crippen LogP contribution < -0.4 is 10.6 Å². The average molecular weight is 238 g/mol. The Bertz CT molecular complexity index is 389. The van der Waals surface area contributed by atoms with E-state index in [0.717, 1.165) is 0 Å². The van der Waals surface area contributed by atoms with Gasteiger partial charge in [-0.2, -0.15) is 0 Å². The molecule has 0 bridgehead atoms. The first-order valence-corrected chi connectivity index (χ1v) is 5.04. The minimum atomic E-state index is -0.647. The van der Waals surface area contributed by atoms with E-state index >= 15 is 0 Å². The highest BCUT2D eigenvalue weighted by atomic mass is 16.6. The zero-order valence-electron chi connectivity index (χ0n) is 9.40. The number of aliphatic hydroxyl groups excluding tert-OH is 1. The maximum Gasteiger partial charge on any atom is 0.411 e. The molecule has 0 aliphatic heterocycles. The van der Waals surface area contributed by atoms with Crippen molar-refractivity contribution < 1.29 is 19.4 Å². The van der Waals surface area contributed by atoms with Gasteiger partial charge < -0.3 is 15.2 Å². The molecule has 0 radical (unpaired) electrons. The Hall–Kier alpha value is -2.08. The van der Waals surface area contributed by atoms with Crippen LogP contribution in [0.4, 0.5) is 10.5 Å². The topological polar surface area (TPSA) is 87.7 Å². The monoisotopic (exact) mass is 238 g/mol. The first-order chi connectivity index (χ1) is 8.17. The van der Waals surface area contributed by atoms with E-state index in [0.29, 0.717) is 11.3 Å². The Morgan fingerprint density at radius 2 is 1.94 bits per heavy atom. The molecule has 17 heavy (non-hydrogen) atoms. The number of rotatable bonds is 4. The Morgan fingerprint density at radius 1 is 1.29 bits per heavy atom. The summed E-state index contributed by atoms with van der Waals surface area (Å²) in [4.78, 5) is 22.4. The lowest BCUT2D eigenvalue weighted by Crippen LogP contribution is -2.18. The van der Waals surface area contributed by atoms with E-state index in [2.05, 4.69) is 15.4 Å². The first kappa shape index (κ1) is 13.0. The number of amides is 2. The Labute approximate surface area is 98.6 Å². The molecule has 2 amide bonds. The number of carbonyl (C=O) groups excluding carboxylic acids is 2. The van der Waals surface area contributed by atoms with E-state index in [9.17, 15) is 9.59 Å². The third kappa shape index (κ3) is 4.12. The zero-order chi connectivity index (χ0) is 12.7. The van der Waals surface area contributed by atoms with E-state index < -0.39 is 6.09 Å². The molecule has 0 aliphatic carbocycles. The quantitative estimate of drug-likeness (QED) is 0.716. The number of hydrogen-bond acceptors (Lipinski definition) is 4. The summed E-state index contributed by atoms with van der Waals surface area (Å²) in [5.74, 6) is -0.195. The molecule has 0 fully saturated rings. The molecule has 92 valence electrons. The number of aliphatic hydroxyl groups is 1. The second kappa shape index (κ2) is 6.49. The van der Waals surface area contributed by atoms with Gasteiger partial charge in [-0.3, -0.25) is 10.1 Å². The van der Waals surface area contributed by atoms with Crippen molar-refractivity contribution in [1.29, 1.82) is 0 Å². The van der Waals surface area contributed by atoms with Crippen LogP contribution in [0.25, 0.3) is 0 Å². The first-order valence-electron chi connectivity index (χ1n) is 5.04. The maximum absolute atomic E-state index is 11.2. The summed E-state index contributed by atoms with van der Waals surface area (Å²) in [6.07, 6.45) is -0.647. The molecule has 0 saturated heterocycles. The zero-order valence-corrected chi connectivity index (χ0v) is 9.40. The van der Waals surface area contributed by atoms with Gasteiger partial charge in [0.05, 0.1) is 6.61 Å². The number of hydrogen-bond donors (Lipinski definition) is 3. The van der Waals surface area contributed by atoms with Crippen LogP contribution >= 0.6 is 0 Å². The molecule has 1 rings (SSSR count). The summed E-state index contributed by atoms with van der Waals surface area (Å²) in [7, 11) is 1.54. The van der Waals surface area contributed by atoms with Crippen molar-refractivity contribution in [3.05, 3.63) is 29.8 Å². The smallest absolute Gasteiger partial charge is 0.411 e. The van der Waals surface area contributed by atoms with Crippen molar-refractivity contribution >= 4 is 17.7 Å². The van der Waals surface area contributed by atoms with Crippen molar-refractivity contribution in [1.82, 2.24) is 5.32 Å². The standard InChI is InChI=1S/C11H14N2O4/c1-12-10(15)8-2-4-9(5-3-8)13-11(16)17-7-6-14/h2-5,14H,6-7H2,1H3,(H,12,15)(H,13,16). The van der Waals surface area contributed by atoms with Crippen LogP contribution in [0.2, 0.25) is 0 Å². The van der Waals surface area contributed by atoms with Crippen LogP contribution in [0.15, 0.2) is 24.3 Å². The van der Waals surface area contributed by atoms with Gasteiger partial charge >= 0.3 is 6.09 Å². The Balaban J connectivity index is 2.56. The van der Waals surface area contributed by atoms with Gasteiger partial charge in [-0.15, -0.1) is 0 Å².